The number of ether oxygens (including phenoxy) is 2. The first-order chi connectivity index (χ1) is 8.80. The van der Waals surface area contributed by atoms with E-state index in [0.717, 1.165) is 12.1 Å². The first kappa shape index (κ1) is 15.1. The van der Waals surface area contributed by atoms with Gasteiger partial charge in [-0.3, -0.25) is 0 Å². The molecule has 1 aromatic carbocycles. The molecular formula is C14H23NO3. The standard InChI is InChI=1S/C14H23NO3/c1-3-17-14(18-4-2)10-15-9-12-5-7-13(11-16)8-6-12/h5-8,14-16H,3-4,9-11H2,1-2H3. The normalized spacial score (nSPS) is 11.1. The van der Waals surface area contributed by atoms with Crippen molar-refractivity contribution in [3.63, 3.8) is 0 Å². The second-order valence-corrected chi connectivity index (χ2v) is 3.95. The molecule has 0 spiro atoms. The molecule has 0 saturated carbocycles. The summed E-state index contributed by atoms with van der Waals surface area (Å²) in [7, 11) is 0. The highest BCUT2D eigenvalue weighted by Gasteiger charge is 2.06. The maximum Gasteiger partial charge on any atom is 0.169 e. The third-order valence-corrected chi connectivity index (χ3v) is 2.55. The van der Waals surface area contributed by atoms with Crippen molar-refractivity contribution < 1.29 is 14.6 Å². The van der Waals surface area contributed by atoms with Gasteiger partial charge in [-0.15, -0.1) is 0 Å². The zero-order valence-electron chi connectivity index (χ0n) is 11.2. The van der Waals surface area contributed by atoms with Crippen LogP contribution in [0.25, 0.3) is 0 Å². The van der Waals surface area contributed by atoms with E-state index in [1.54, 1.807) is 0 Å². The van der Waals surface area contributed by atoms with Crippen molar-refractivity contribution in [1.82, 2.24) is 5.32 Å². The molecular weight excluding hydrogens is 230 g/mol. The van der Waals surface area contributed by atoms with Gasteiger partial charge in [0, 0.05) is 26.3 Å². The van der Waals surface area contributed by atoms with Gasteiger partial charge in [-0.1, -0.05) is 24.3 Å². The molecule has 1 aromatic rings. The topological polar surface area (TPSA) is 50.7 Å². The number of nitrogens with one attached hydrogen (secondary N) is 1. The van der Waals surface area contributed by atoms with Gasteiger partial charge >= 0.3 is 0 Å². The Balaban J connectivity index is 2.30. The van der Waals surface area contributed by atoms with E-state index in [0.29, 0.717) is 19.8 Å². The smallest absolute Gasteiger partial charge is 0.169 e. The molecule has 0 fully saturated rings. The van der Waals surface area contributed by atoms with E-state index in [4.69, 9.17) is 14.6 Å². The van der Waals surface area contributed by atoms with Gasteiger partial charge < -0.3 is 19.9 Å². The van der Waals surface area contributed by atoms with Gasteiger partial charge in [-0.2, -0.15) is 0 Å². The Morgan fingerprint density at radius 1 is 1.06 bits per heavy atom. The fraction of sp³-hybridized carbons (Fsp3) is 0.571. The van der Waals surface area contributed by atoms with Crippen LogP contribution in [0.5, 0.6) is 0 Å². The maximum absolute atomic E-state index is 8.95. The molecule has 102 valence electrons. The van der Waals surface area contributed by atoms with E-state index >= 15 is 0 Å². The van der Waals surface area contributed by atoms with Gasteiger partial charge in [-0.05, 0) is 25.0 Å². The van der Waals surface area contributed by atoms with E-state index in [1.807, 2.05) is 38.1 Å². The quantitative estimate of drug-likeness (QED) is 0.657. The molecule has 0 amide bonds. The minimum atomic E-state index is -0.184. The molecule has 0 aliphatic rings. The summed E-state index contributed by atoms with van der Waals surface area (Å²) in [6.45, 7) is 6.74. The summed E-state index contributed by atoms with van der Waals surface area (Å²) in [5.41, 5.74) is 2.11. The summed E-state index contributed by atoms with van der Waals surface area (Å²) in [6, 6.07) is 7.88. The third kappa shape index (κ3) is 5.60. The van der Waals surface area contributed by atoms with E-state index in [2.05, 4.69) is 5.32 Å². The van der Waals surface area contributed by atoms with Crippen LogP contribution in [-0.2, 0) is 22.6 Å². The van der Waals surface area contributed by atoms with Crippen LogP contribution in [0.4, 0.5) is 0 Å². The van der Waals surface area contributed by atoms with Gasteiger partial charge in [0.15, 0.2) is 6.29 Å². The Kier molecular flexibility index (Phi) is 7.60. The molecule has 0 radical (unpaired) electrons. The van der Waals surface area contributed by atoms with Gasteiger partial charge in [0.1, 0.15) is 0 Å². The van der Waals surface area contributed by atoms with Crippen LogP contribution in [0.3, 0.4) is 0 Å². The molecule has 0 aliphatic carbocycles. The van der Waals surface area contributed by atoms with Gasteiger partial charge in [0.05, 0.1) is 6.61 Å². The molecule has 0 aromatic heterocycles. The monoisotopic (exact) mass is 253 g/mol. The van der Waals surface area contributed by atoms with Crippen molar-refractivity contribution in [3.8, 4) is 0 Å². The number of aliphatic hydroxyl groups excluding tert-OH is 1. The van der Waals surface area contributed by atoms with E-state index in [1.165, 1.54) is 5.56 Å². The van der Waals surface area contributed by atoms with Crippen molar-refractivity contribution in [1.29, 1.82) is 0 Å². The van der Waals surface area contributed by atoms with Crippen molar-refractivity contribution in [2.24, 2.45) is 0 Å². The van der Waals surface area contributed by atoms with Gasteiger partial charge in [-0.25, -0.2) is 0 Å². The average Bonchev–Trinajstić information content (AvgIpc) is 2.40. The Morgan fingerprint density at radius 2 is 1.61 bits per heavy atom. The Labute approximate surface area is 109 Å². The first-order valence-corrected chi connectivity index (χ1v) is 6.42. The lowest BCUT2D eigenvalue weighted by atomic mass is 10.1. The number of benzene rings is 1. The minimum absolute atomic E-state index is 0.0878. The van der Waals surface area contributed by atoms with Crippen molar-refractivity contribution in [2.75, 3.05) is 19.8 Å². The lowest BCUT2D eigenvalue weighted by Crippen LogP contribution is -2.31. The number of hydrogen-bond acceptors (Lipinski definition) is 4. The number of rotatable bonds is 9. The van der Waals surface area contributed by atoms with Crippen molar-refractivity contribution >= 4 is 0 Å². The molecule has 0 aliphatic heterocycles. The molecule has 0 saturated heterocycles. The molecule has 0 heterocycles. The molecule has 4 nitrogen and oxygen atoms in total. The molecule has 1 rings (SSSR count). The fourth-order valence-electron chi connectivity index (χ4n) is 1.63. The van der Waals surface area contributed by atoms with Crippen LogP contribution in [-0.4, -0.2) is 31.2 Å². The zero-order valence-corrected chi connectivity index (χ0v) is 11.2. The molecule has 2 N–H and O–H groups in total. The lowest BCUT2D eigenvalue weighted by molar-refractivity contribution is -0.133. The van der Waals surface area contributed by atoms with E-state index < -0.39 is 0 Å². The zero-order chi connectivity index (χ0) is 13.2. The summed E-state index contributed by atoms with van der Waals surface area (Å²) in [6.07, 6.45) is -0.184. The van der Waals surface area contributed by atoms with Crippen molar-refractivity contribution in [2.45, 2.75) is 33.3 Å². The predicted molar refractivity (Wildman–Crippen MR) is 71.1 cm³/mol. The van der Waals surface area contributed by atoms with Gasteiger partial charge in [0.2, 0.25) is 0 Å². The fourth-order valence-corrected chi connectivity index (χ4v) is 1.63. The second kappa shape index (κ2) is 9.05. The predicted octanol–water partition coefficient (Wildman–Crippen LogP) is 1.67. The second-order valence-electron chi connectivity index (χ2n) is 3.95. The van der Waals surface area contributed by atoms with Crippen LogP contribution < -0.4 is 5.32 Å². The largest absolute Gasteiger partial charge is 0.392 e. The molecule has 0 atom stereocenters. The van der Waals surface area contributed by atoms with Crippen LogP contribution in [0.2, 0.25) is 0 Å². The van der Waals surface area contributed by atoms with E-state index in [9.17, 15) is 0 Å². The summed E-state index contributed by atoms with van der Waals surface area (Å²) in [5.74, 6) is 0. The van der Waals surface area contributed by atoms with Crippen LogP contribution in [0, 0.1) is 0 Å². The molecule has 0 unspecified atom stereocenters. The van der Waals surface area contributed by atoms with E-state index in [-0.39, 0.29) is 12.9 Å². The maximum atomic E-state index is 8.95. The average molecular weight is 253 g/mol. The highest BCUT2D eigenvalue weighted by atomic mass is 16.7. The Morgan fingerprint density at radius 3 is 2.11 bits per heavy atom. The van der Waals surface area contributed by atoms with Crippen LogP contribution >= 0.6 is 0 Å². The highest BCUT2D eigenvalue weighted by Crippen LogP contribution is 2.04. The third-order valence-electron chi connectivity index (χ3n) is 2.55. The lowest BCUT2D eigenvalue weighted by Gasteiger charge is -2.17. The minimum Gasteiger partial charge on any atom is -0.392 e. The summed E-state index contributed by atoms with van der Waals surface area (Å²) in [5, 5.41) is 12.2. The first-order valence-electron chi connectivity index (χ1n) is 6.42. The van der Waals surface area contributed by atoms with Crippen molar-refractivity contribution in [3.05, 3.63) is 35.4 Å². The molecule has 0 bridgehead atoms. The molecule has 4 heteroatoms. The summed E-state index contributed by atoms with van der Waals surface area (Å²) in [4.78, 5) is 0. The Bertz CT molecular complexity index is 307. The molecule has 18 heavy (non-hydrogen) atoms. The van der Waals surface area contributed by atoms with Crippen LogP contribution in [0.15, 0.2) is 24.3 Å². The summed E-state index contributed by atoms with van der Waals surface area (Å²) < 4.78 is 10.9. The number of hydrogen-bond donors (Lipinski definition) is 2. The van der Waals surface area contributed by atoms with Gasteiger partial charge in [0.25, 0.3) is 0 Å². The highest BCUT2D eigenvalue weighted by molar-refractivity contribution is 5.21. The summed E-state index contributed by atoms with van der Waals surface area (Å²) >= 11 is 0. The SMILES string of the molecule is CCOC(CNCc1ccc(CO)cc1)OCC. The Hall–Kier alpha value is -0.940. The number of aliphatic hydroxyl groups is 1. The van der Waals surface area contributed by atoms with Crippen LogP contribution in [0.1, 0.15) is 25.0 Å².